The quantitative estimate of drug-likeness (QED) is 0.719. The molecule has 106 valence electrons. The number of hydrogen-bond donors (Lipinski definition) is 0. The highest BCUT2D eigenvalue weighted by Crippen LogP contribution is 2.16. The van der Waals surface area contributed by atoms with Crippen LogP contribution in [0.5, 0.6) is 0 Å². The van der Waals surface area contributed by atoms with Crippen molar-refractivity contribution in [2.24, 2.45) is 0 Å². The van der Waals surface area contributed by atoms with Gasteiger partial charge < -0.3 is 4.90 Å². The van der Waals surface area contributed by atoms with Crippen molar-refractivity contribution in [3.8, 4) is 5.69 Å². The topological polar surface area (TPSA) is 72.6 Å². The SMILES string of the molecule is Cc1ccc(-n2nnnc2N(C)Cc2cnccn2)cc1. The highest BCUT2D eigenvalue weighted by atomic mass is 15.6. The first-order valence-electron chi connectivity index (χ1n) is 6.55. The van der Waals surface area contributed by atoms with Crippen LogP contribution in [0.4, 0.5) is 5.95 Å². The molecule has 0 amide bonds. The van der Waals surface area contributed by atoms with Gasteiger partial charge in [0.25, 0.3) is 0 Å². The number of hydrogen-bond acceptors (Lipinski definition) is 6. The lowest BCUT2D eigenvalue weighted by Gasteiger charge is -2.17. The Balaban J connectivity index is 1.86. The third-order valence-electron chi connectivity index (χ3n) is 3.09. The van der Waals surface area contributed by atoms with E-state index in [1.165, 1.54) is 5.56 Å². The number of rotatable bonds is 4. The van der Waals surface area contributed by atoms with E-state index >= 15 is 0 Å². The molecule has 0 N–H and O–H groups in total. The second-order valence-electron chi connectivity index (χ2n) is 4.78. The monoisotopic (exact) mass is 281 g/mol. The summed E-state index contributed by atoms with van der Waals surface area (Å²) in [6.07, 6.45) is 5.06. The van der Waals surface area contributed by atoms with E-state index in [1.54, 1.807) is 23.3 Å². The van der Waals surface area contributed by atoms with Crippen LogP contribution in [0.3, 0.4) is 0 Å². The van der Waals surface area contributed by atoms with Crippen molar-refractivity contribution in [2.75, 3.05) is 11.9 Å². The molecule has 1 aromatic carbocycles. The van der Waals surface area contributed by atoms with Crippen molar-refractivity contribution < 1.29 is 0 Å². The molecule has 0 atom stereocenters. The molecule has 0 aliphatic carbocycles. The lowest BCUT2D eigenvalue weighted by Crippen LogP contribution is -2.21. The number of aromatic nitrogens is 6. The summed E-state index contributed by atoms with van der Waals surface area (Å²) in [7, 11) is 1.92. The van der Waals surface area contributed by atoms with E-state index < -0.39 is 0 Å². The molecule has 0 bridgehead atoms. The fourth-order valence-electron chi connectivity index (χ4n) is 2.00. The fourth-order valence-corrected chi connectivity index (χ4v) is 2.00. The van der Waals surface area contributed by atoms with E-state index in [0.29, 0.717) is 12.5 Å². The Morgan fingerprint density at radius 2 is 1.95 bits per heavy atom. The molecule has 0 radical (unpaired) electrons. The number of anilines is 1. The number of aryl methyl sites for hydroxylation is 1. The summed E-state index contributed by atoms with van der Waals surface area (Å²) in [5.74, 6) is 0.657. The first kappa shape index (κ1) is 13.2. The maximum absolute atomic E-state index is 4.26. The molecular weight excluding hydrogens is 266 g/mol. The predicted octanol–water partition coefficient (Wildman–Crippen LogP) is 1.40. The largest absolute Gasteiger partial charge is 0.336 e. The van der Waals surface area contributed by atoms with Crippen LogP contribution in [0.1, 0.15) is 11.3 Å². The van der Waals surface area contributed by atoms with Gasteiger partial charge in [0.1, 0.15) is 0 Å². The molecule has 0 unspecified atom stereocenters. The molecule has 2 heterocycles. The van der Waals surface area contributed by atoms with Crippen LogP contribution in [0.2, 0.25) is 0 Å². The smallest absolute Gasteiger partial charge is 0.250 e. The molecule has 0 saturated carbocycles. The van der Waals surface area contributed by atoms with Crippen molar-refractivity contribution in [3.05, 3.63) is 54.1 Å². The highest BCUT2D eigenvalue weighted by molar-refractivity contribution is 5.41. The summed E-state index contributed by atoms with van der Waals surface area (Å²) in [6, 6.07) is 8.05. The van der Waals surface area contributed by atoms with Crippen LogP contribution in [-0.2, 0) is 6.54 Å². The zero-order valence-electron chi connectivity index (χ0n) is 11.9. The molecule has 7 nitrogen and oxygen atoms in total. The van der Waals surface area contributed by atoms with Crippen molar-refractivity contribution in [3.63, 3.8) is 0 Å². The van der Waals surface area contributed by atoms with Crippen LogP contribution >= 0.6 is 0 Å². The average molecular weight is 281 g/mol. The Hall–Kier alpha value is -2.83. The van der Waals surface area contributed by atoms with Crippen LogP contribution in [0, 0.1) is 6.92 Å². The summed E-state index contributed by atoms with van der Waals surface area (Å²) in [5, 5.41) is 11.9. The average Bonchev–Trinajstić information content (AvgIpc) is 2.98. The Kier molecular flexibility index (Phi) is 3.55. The van der Waals surface area contributed by atoms with Gasteiger partial charge in [0.15, 0.2) is 0 Å². The third-order valence-corrected chi connectivity index (χ3v) is 3.09. The molecule has 3 rings (SSSR count). The van der Waals surface area contributed by atoms with Gasteiger partial charge in [-0.2, -0.15) is 4.68 Å². The molecule has 0 aliphatic heterocycles. The van der Waals surface area contributed by atoms with E-state index in [9.17, 15) is 0 Å². The number of nitrogens with zero attached hydrogens (tertiary/aromatic N) is 7. The molecule has 0 fully saturated rings. The third kappa shape index (κ3) is 2.86. The lowest BCUT2D eigenvalue weighted by atomic mass is 10.2. The Bertz CT molecular complexity index is 706. The standard InChI is InChI=1S/C14H15N7/c1-11-3-5-13(6-4-11)21-14(17-18-19-21)20(2)10-12-9-15-7-8-16-12/h3-9H,10H2,1-2H3. The van der Waals surface area contributed by atoms with Gasteiger partial charge in [-0.1, -0.05) is 22.8 Å². The summed E-state index contributed by atoms with van der Waals surface area (Å²) >= 11 is 0. The summed E-state index contributed by atoms with van der Waals surface area (Å²) in [6.45, 7) is 2.63. The van der Waals surface area contributed by atoms with Crippen LogP contribution in [-0.4, -0.2) is 37.2 Å². The van der Waals surface area contributed by atoms with Gasteiger partial charge in [-0.25, -0.2) is 0 Å². The van der Waals surface area contributed by atoms with Gasteiger partial charge >= 0.3 is 0 Å². The minimum atomic E-state index is 0.583. The molecule has 0 aliphatic rings. The van der Waals surface area contributed by atoms with E-state index in [4.69, 9.17) is 0 Å². The van der Waals surface area contributed by atoms with Gasteiger partial charge in [0.2, 0.25) is 5.95 Å². The molecule has 7 heteroatoms. The second-order valence-corrected chi connectivity index (χ2v) is 4.78. The molecule has 0 saturated heterocycles. The van der Waals surface area contributed by atoms with E-state index in [-0.39, 0.29) is 0 Å². The van der Waals surface area contributed by atoms with Gasteiger partial charge in [-0.05, 0) is 29.5 Å². The summed E-state index contributed by atoms with van der Waals surface area (Å²) in [5.41, 5.74) is 2.98. The first-order valence-corrected chi connectivity index (χ1v) is 6.55. The first-order chi connectivity index (χ1) is 10.2. The number of benzene rings is 1. The maximum atomic E-state index is 4.26. The summed E-state index contributed by atoms with van der Waals surface area (Å²) < 4.78 is 1.70. The minimum absolute atomic E-state index is 0.583. The fraction of sp³-hybridized carbons (Fsp3) is 0.214. The van der Waals surface area contributed by atoms with Gasteiger partial charge in [-0.15, -0.1) is 0 Å². The minimum Gasteiger partial charge on any atom is -0.336 e. The van der Waals surface area contributed by atoms with Gasteiger partial charge in [-0.3, -0.25) is 9.97 Å². The van der Waals surface area contributed by atoms with E-state index in [2.05, 4.69) is 25.5 Å². The lowest BCUT2D eigenvalue weighted by molar-refractivity contribution is 0.765. The van der Waals surface area contributed by atoms with Gasteiger partial charge in [0.05, 0.1) is 24.1 Å². The Morgan fingerprint density at radius 1 is 1.14 bits per heavy atom. The highest BCUT2D eigenvalue weighted by Gasteiger charge is 2.13. The van der Waals surface area contributed by atoms with Crippen LogP contribution in [0.15, 0.2) is 42.9 Å². The van der Waals surface area contributed by atoms with E-state index in [1.807, 2.05) is 43.1 Å². The van der Waals surface area contributed by atoms with Crippen LogP contribution in [0.25, 0.3) is 5.69 Å². The van der Waals surface area contributed by atoms with Crippen molar-refractivity contribution in [1.29, 1.82) is 0 Å². The van der Waals surface area contributed by atoms with E-state index in [0.717, 1.165) is 11.4 Å². The maximum Gasteiger partial charge on any atom is 0.250 e. The Labute approximate surface area is 122 Å². The van der Waals surface area contributed by atoms with Crippen molar-refractivity contribution >= 4 is 5.95 Å². The summed E-state index contributed by atoms with van der Waals surface area (Å²) in [4.78, 5) is 10.3. The van der Waals surface area contributed by atoms with Gasteiger partial charge in [0, 0.05) is 19.4 Å². The van der Waals surface area contributed by atoms with Crippen LogP contribution < -0.4 is 4.90 Å². The molecular formula is C14H15N7. The second kappa shape index (κ2) is 5.66. The molecule has 3 aromatic rings. The normalized spacial score (nSPS) is 10.6. The van der Waals surface area contributed by atoms with Crippen molar-refractivity contribution in [2.45, 2.75) is 13.5 Å². The van der Waals surface area contributed by atoms with Crippen molar-refractivity contribution in [1.82, 2.24) is 30.2 Å². The molecule has 2 aromatic heterocycles. The molecule has 21 heavy (non-hydrogen) atoms. The predicted molar refractivity (Wildman–Crippen MR) is 78.0 cm³/mol. The zero-order chi connectivity index (χ0) is 14.7. The zero-order valence-corrected chi connectivity index (χ0v) is 11.9. The Morgan fingerprint density at radius 3 is 2.67 bits per heavy atom. The molecule has 0 spiro atoms. The number of tetrazole rings is 1.